The van der Waals surface area contributed by atoms with E-state index in [1.165, 1.54) is 12.2 Å². The van der Waals surface area contributed by atoms with Gasteiger partial charge >= 0.3 is 0 Å². The van der Waals surface area contributed by atoms with Crippen molar-refractivity contribution in [3.63, 3.8) is 0 Å². The van der Waals surface area contributed by atoms with Crippen LogP contribution in [-0.4, -0.2) is 25.1 Å². The summed E-state index contributed by atoms with van der Waals surface area (Å²) in [5.41, 5.74) is 0. The molecule has 0 aromatic heterocycles. The molecule has 0 aliphatic heterocycles. The second-order valence-corrected chi connectivity index (χ2v) is 2.76. The number of thioether (sulfide) groups is 1. The van der Waals surface area contributed by atoms with E-state index in [1.54, 1.807) is 0 Å². The van der Waals surface area contributed by atoms with E-state index < -0.39 is 0 Å². The topological polar surface area (TPSA) is 12.0 Å². The monoisotopic (exact) mass is 133 g/mol. The predicted molar refractivity (Wildman–Crippen MR) is 41.5 cm³/mol. The van der Waals surface area contributed by atoms with Gasteiger partial charge in [0.05, 0.1) is 0 Å². The van der Waals surface area contributed by atoms with Crippen LogP contribution in [0.4, 0.5) is 0 Å². The third kappa shape index (κ3) is 3.33. The summed E-state index contributed by atoms with van der Waals surface area (Å²) in [4.78, 5) is 0. The summed E-state index contributed by atoms with van der Waals surface area (Å²) in [6, 6.07) is 0.713. The van der Waals surface area contributed by atoms with Crippen LogP contribution in [0.15, 0.2) is 0 Å². The van der Waals surface area contributed by atoms with Crippen LogP contribution in [0.5, 0.6) is 0 Å². The third-order valence-corrected chi connectivity index (χ3v) is 2.00. The van der Waals surface area contributed by atoms with Gasteiger partial charge in [-0.15, -0.1) is 0 Å². The molecule has 0 unspecified atom stereocenters. The van der Waals surface area contributed by atoms with Gasteiger partial charge in [-0.1, -0.05) is 6.92 Å². The highest BCUT2D eigenvalue weighted by Gasteiger charge is 1.98. The summed E-state index contributed by atoms with van der Waals surface area (Å²) in [5.74, 6) is 1.23. The molecule has 50 valence electrons. The largest absolute Gasteiger partial charge is 0.316 e. The molecule has 1 nitrogen and oxygen atoms in total. The summed E-state index contributed by atoms with van der Waals surface area (Å²) >= 11 is 1.90. The highest BCUT2D eigenvalue weighted by atomic mass is 32.2. The SMILES string of the molecule is CC[C@@H](CSC)NC. The quantitative estimate of drug-likeness (QED) is 0.621. The Morgan fingerprint density at radius 1 is 1.62 bits per heavy atom. The molecular weight excluding hydrogens is 118 g/mol. The van der Waals surface area contributed by atoms with Gasteiger partial charge in [0.1, 0.15) is 0 Å². The van der Waals surface area contributed by atoms with Crippen LogP contribution >= 0.6 is 11.8 Å². The minimum Gasteiger partial charge on any atom is -0.316 e. The molecule has 1 N–H and O–H groups in total. The molecule has 0 amide bonds. The first-order valence-electron chi connectivity index (χ1n) is 3.01. The van der Waals surface area contributed by atoms with E-state index in [4.69, 9.17) is 0 Å². The lowest BCUT2D eigenvalue weighted by atomic mass is 10.3. The van der Waals surface area contributed by atoms with Gasteiger partial charge in [-0.2, -0.15) is 11.8 Å². The Morgan fingerprint density at radius 3 is 2.38 bits per heavy atom. The molecule has 0 saturated carbocycles. The molecule has 0 aromatic carbocycles. The minimum atomic E-state index is 0.713. The fourth-order valence-electron chi connectivity index (χ4n) is 0.606. The van der Waals surface area contributed by atoms with Gasteiger partial charge < -0.3 is 5.32 Å². The molecule has 0 bridgehead atoms. The molecule has 0 fully saturated rings. The number of nitrogens with one attached hydrogen (secondary N) is 1. The first-order valence-corrected chi connectivity index (χ1v) is 4.40. The fourth-order valence-corrected chi connectivity index (χ4v) is 1.41. The smallest absolute Gasteiger partial charge is 0.0152 e. The van der Waals surface area contributed by atoms with E-state index in [1.807, 2.05) is 18.8 Å². The molecule has 2 heteroatoms. The van der Waals surface area contributed by atoms with Crippen molar-refractivity contribution in [1.29, 1.82) is 0 Å². The van der Waals surface area contributed by atoms with Crippen molar-refractivity contribution >= 4 is 11.8 Å². The Kier molecular flexibility index (Phi) is 5.66. The molecule has 0 aliphatic carbocycles. The van der Waals surface area contributed by atoms with Gasteiger partial charge in [0, 0.05) is 11.8 Å². The number of rotatable bonds is 4. The molecule has 1 atom stereocenters. The fraction of sp³-hybridized carbons (Fsp3) is 1.00. The summed E-state index contributed by atoms with van der Waals surface area (Å²) in [7, 11) is 2.02. The van der Waals surface area contributed by atoms with E-state index >= 15 is 0 Å². The predicted octanol–water partition coefficient (Wildman–Crippen LogP) is 1.35. The molecule has 0 aliphatic rings. The first-order chi connectivity index (χ1) is 3.85. The molecule has 0 aromatic rings. The van der Waals surface area contributed by atoms with Gasteiger partial charge in [0.25, 0.3) is 0 Å². The molecule has 0 spiro atoms. The second-order valence-electron chi connectivity index (χ2n) is 1.85. The van der Waals surface area contributed by atoms with Crippen molar-refractivity contribution in [1.82, 2.24) is 5.32 Å². The third-order valence-electron chi connectivity index (χ3n) is 1.27. The zero-order valence-corrected chi connectivity index (χ0v) is 6.72. The van der Waals surface area contributed by atoms with Crippen molar-refractivity contribution < 1.29 is 0 Å². The maximum atomic E-state index is 3.23. The average molecular weight is 133 g/mol. The Hall–Kier alpha value is 0.310. The number of hydrogen-bond donors (Lipinski definition) is 1. The zero-order valence-electron chi connectivity index (χ0n) is 5.90. The van der Waals surface area contributed by atoms with Crippen LogP contribution in [0.1, 0.15) is 13.3 Å². The van der Waals surface area contributed by atoms with E-state index in [0.717, 1.165) is 0 Å². The van der Waals surface area contributed by atoms with Crippen molar-refractivity contribution in [3.8, 4) is 0 Å². The lowest BCUT2D eigenvalue weighted by molar-refractivity contribution is 0.602. The van der Waals surface area contributed by atoms with Gasteiger partial charge in [-0.3, -0.25) is 0 Å². The van der Waals surface area contributed by atoms with Gasteiger partial charge in [-0.05, 0) is 19.7 Å². The second kappa shape index (κ2) is 5.45. The molecule has 8 heavy (non-hydrogen) atoms. The highest BCUT2D eigenvalue weighted by Crippen LogP contribution is 1.98. The van der Waals surface area contributed by atoms with E-state index in [-0.39, 0.29) is 0 Å². The Bertz CT molecular complexity index is 43.8. The van der Waals surface area contributed by atoms with E-state index in [0.29, 0.717) is 6.04 Å². The maximum Gasteiger partial charge on any atom is 0.0152 e. The Morgan fingerprint density at radius 2 is 2.25 bits per heavy atom. The molecular formula is C6H15NS. The lowest BCUT2D eigenvalue weighted by Crippen LogP contribution is -2.26. The molecule has 0 heterocycles. The Balaban J connectivity index is 3.07. The van der Waals surface area contributed by atoms with E-state index in [2.05, 4.69) is 18.5 Å². The van der Waals surface area contributed by atoms with Crippen LogP contribution in [0, 0.1) is 0 Å². The zero-order chi connectivity index (χ0) is 6.41. The van der Waals surface area contributed by atoms with Crippen LogP contribution in [-0.2, 0) is 0 Å². The van der Waals surface area contributed by atoms with Gasteiger partial charge in [0.15, 0.2) is 0 Å². The standard InChI is InChI=1S/C6H15NS/c1-4-6(7-2)5-8-3/h6-7H,4-5H2,1-3H3/t6-/m0/s1. The van der Waals surface area contributed by atoms with Crippen LogP contribution < -0.4 is 5.32 Å². The van der Waals surface area contributed by atoms with Gasteiger partial charge in [0.2, 0.25) is 0 Å². The van der Waals surface area contributed by atoms with Crippen LogP contribution in [0.25, 0.3) is 0 Å². The van der Waals surface area contributed by atoms with Crippen molar-refractivity contribution in [3.05, 3.63) is 0 Å². The lowest BCUT2D eigenvalue weighted by Gasteiger charge is -2.10. The summed E-state index contributed by atoms with van der Waals surface area (Å²) in [6.07, 6.45) is 3.37. The van der Waals surface area contributed by atoms with Crippen LogP contribution in [0.3, 0.4) is 0 Å². The van der Waals surface area contributed by atoms with Crippen LogP contribution in [0.2, 0.25) is 0 Å². The summed E-state index contributed by atoms with van der Waals surface area (Å²) in [6.45, 7) is 2.21. The number of hydrogen-bond acceptors (Lipinski definition) is 2. The maximum absolute atomic E-state index is 3.23. The van der Waals surface area contributed by atoms with Gasteiger partial charge in [-0.25, -0.2) is 0 Å². The molecule has 0 saturated heterocycles. The summed E-state index contributed by atoms with van der Waals surface area (Å²) < 4.78 is 0. The first kappa shape index (κ1) is 8.31. The summed E-state index contributed by atoms with van der Waals surface area (Å²) in [5, 5.41) is 3.23. The highest BCUT2D eigenvalue weighted by molar-refractivity contribution is 7.98. The van der Waals surface area contributed by atoms with E-state index in [9.17, 15) is 0 Å². The van der Waals surface area contributed by atoms with Crippen molar-refractivity contribution in [2.75, 3.05) is 19.1 Å². The molecule has 0 radical (unpaired) electrons. The van der Waals surface area contributed by atoms with Crippen molar-refractivity contribution in [2.24, 2.45) is 0 Å². The van der Waals surface area contributed by atoms with Crippen molar-refractivity contribution in [2.45, 2.75) is 19.4 Å². The minimum absolute atomic E-state index is 0.713. The average Bonchev–Trinajstić information content (AvgIpc) is 1.83. The Labute approximate surface area is 56.2 Å². The molecule has 0 rings (SSSR count). The normalized spacial score (nSPS) is 13.9.